The second kappa shape index (κ2) is 6.02. The van der Waals surface area contributed by atoms with Gasteiger partial charge in [0.15, 0.2) is 0 Å². The molecule has 0 saturated carbocycles. The van der Waals surface area contributed by atoms with E-state index in [4.69, 9.17) is 5.73 Å². The van der Waals surface area contributed by atoms with Crippen LogP contribution in [0.4, 0.5) is 0 Å². The Morgan fingerprint density at radius 1 is 1.42 bits per heavy atom. The molecule has 1 aromatic rings. The maximum atomic E-state index is 12.4. The summed E-state index contributed by atoms with van der Waals surface area (Å²) < 4.78 is 0. The van der Waals surface area contributed by atoms with Gasteiger partial charge in [-0.2, -0.15) is 0 Å². The number of carbonyl (C=O) groups excluding carboxylic acids is 1. The van der Waals surface area contributed by atoms with E-state index in [2.05, 4.69) is 25.1 Å². The number of aryl methyl sites for hydroxylation is 1. The third-order valence-electron chi connectivity index (χ3n) is 3.58. The minimum atomic E-state index is -0.0419. The van der Waals surface area contributed by atoms with Gasteiger partial charge in [0.05, 0.1) is 5.92 Å². The molecule has 0 aliphatic heterocycles. The van der Waals surface area contributed by atoms with Gasteiger partial charge in [0.2, 0.25) is 5.91 Å². The molecule has 1 aliphatic rings. The standard InChI is InChI=1S/C16H22N2O/c1-3-18(11-13-6-4-5-12(2)9-13)16(19)14-7-8-15(17)10-14/h4-9,14-15H,3,10-11,17H2,1-2H3. The van der Waals surface area contributed by atoms with E-state index in [-0.39, 0.29) is 17.9 Å². The van der Waals surface area contributed by atoms with E-state index >= 15 is 0 Å². The van der Waals surface area contributed by atoms with Crippen molar-refractivity contribution >= 4 is 5.91 Å². The molecule has 0 saturated heterocycles. The highest BCUT2D eigenvalue weighted by Crippen LogP contribution is 2.20. The molecular formula is C16H22N2O. The maximum Gasteiger partial charge on any atom is 0.229 e. The second-order valence-corrected chi connectivity index (χ2v) is 5.23. The van der Waals surface area contributed by atoms with Gasteiger partial charge >= 0.3 is 0 Å². The van der Waals surface area contributed by atoms with E-state index in [9.17, 15) is 4.79 Å². The van der Waals surface area contributed by atoms with Gasteiger partial charge in [0.1, 0.15) is 0 Å². The number of hydrogen-bond acceptors (Lipinski definition) is 2. The first kappa shape index (κ1) is 13.8. The van der Waals surface area contributed by atoms with Gasteiger partial charge in [-0.15, -0.1) is 0 Å². The average molecular weight is 258 g/mol. The van der Waals surface area contributed by atoms with Gasteiger partial charge in [-0.25, -0.2) is 0 Å². The first-order chi connectivity index (χ1) is 9.10. The van der Waals surface area contributed by atoms with Gasteiger partial charge in [-0.3, -0.25) is 4.79 Å². The van der Waals surface area contributed by atoms with Crippen molar-refractivity contribution in [1.82, 2.24) is 4.90 Å². The van der Waals surface area contributed by atoms with Crippen LogP contribution in [-0.2, 0) is 11.3 Å². The van der Waals surface area contributed by atoms with Crippen LogP contribution in [0.1, 0.15) is 24.5 Å². The van der Waals surface area contributed by atoms with Gasteiger partial charge in [0.25, 0.3) is 0 Å². The summed E-state index contributed by atoms with van der Waals surface area (Å²) in [5.41, 5.74) is 8.23. The molecule has 3 nitrogen and oxygen atoms in total. The topological polar surface area (TPSA) is 46.3 Å². The predicted molar refractivity (Wildman–Crippen MR) is 77.5 cm³/mol. The van der Waals surface area contributed by atoms with Crippen molar-refractivity contribution in [3.63, 3.8) is 0 Å². The van der Waals surface area contributed by atoms with Crippen molar-refractivity contribution in [2.75, 3.05) is 6.54 Å². The van der Waals surface area contributed by atoms with E-state index in [0.29, 0.717) is 6.54 Å². The smallest absolute Gasteiger partial charge is 0.229 e. The van der Waals surface area contributed by atoms with Crippen LogP contribution in [0, 0.1) is 12.8 Å². The highest BCUT2D eigenvalue weighted by molar-refractivity contribution is 5.81. The zero-order chi connectivity index (χ0) is 13.8. The fourth-order valence-corrected chi connectivity index (χ4v) is 2.52. The summed E-state index contributed by atoms with van der Waals surface area (Å²) >= 11 is 0. The lowest BCUT2D eigenvalue weighted by molar-refractivity contribution is -0.134. The molecule has 0 radical (unpaired) electrons. The van der Waals surface area contributed by atoms with Crippen LogP contribution in [0.5, 0.6) is 0 Å². The van der Waals surface area contributed by atoms with Crippen LogP contribution in [0.25, 0.3) is 0 Å². The Kier molecular flexibility index (Phi) is 4.38. The zero-order valence-corrected chi connectivity index (χ0v) is 11.7. The molecule has 0 heterocycles. The zero-order valence-electron chi connectivity index (χ0n) is 11.7. The Bertz CT molecular complexity index is 481. The summed E-state index contributed by atoms with van der Waals surface area (Å²) in [4.78, 5) is 14.3. The fourth-order valence-electron chi connectivity index (χ4n) is 2.52. The Labute approximate surface area is 115 Å². The summed E-state index contributed by atoms with van der Waals surface area (Å²) in [5.74, 6) is 0.146. The number of benzene rings is 1. The molecule has 0 fully saturated rings. The number of hydrogen-bond donors (Lipinski definition) is 1. The molecule has 0 bridgehead atoms. The molecule has 2 rings (SSSR count). The van der Waals surface area contributed by atoms with E-state index in [0.717, 1.165) is 13.0 Å². The van der Waals surface area contributed by atoms with Crippen molar-refractivity contribution in [2.24, 2.45) is 11.7 Å². The highest BCUT2D eigenvalue weighted by Gasteiger charge is 2.26. The minimum Gasteiger partial charge on any atom is -0.338 e. The molecule has 1 aliphatic carbocycles. The van der Waals surface area contributed by atoms with Gasteiger partial charge in [-0.05, 0) is 25.8 Å². The van der Waals surface area contributed by atoms with Crippen LogP contribution in [0.2, 0.25) is 0 Å². The van der Waals surface area contributed by atoms with E-state index in [1.54, 1.807) is 0 Å². The quantitative estimate of drug-likeness (QED) is 0.842. The van der Waals surface area contributed by atoms with Crippen LogP contribution < -0.4 is 5.73 Å². The van der Waals surface area contributed by atoms with Crippen molar-refractivity contribution < 1.29 is 4.79 Å². The first-order valence-electron chi connectivity index (χ1n) is 6.88. The molecule has 0 aromatic heterocycles. The number of rotatable bonds is 4. The van der Waals surface area contributed by atoms with Crippen LogP contribution in [0.15, 0.2) is 36.4 Å². The molecular weight excluding hydrogens is 236 g/mol. The summed E-state index contributed by atoms with van der Waals surface area (Å²) in [5, 5.41) is 0. The summed E-state index contributed by atoms with van der Waals surface area (Å²) in [6.45, 7) is 5.50. The van der Waals surface area contributed by atoms with Gasteiger partial charge in [0, 0.05) is 19.1 Å². The Morgan fingerprint density at radius 3 is 2.79 bits per heavy atom. The monoisotopic (exact) mass is 258 g/mol. The number of nitrogens with zero attached hydrogens (tertiary/aromatic N) is 1. The molecule has 102 valence electrons. The van der Waals surface area contributed by atoms with Gasteiger partial charge in [-0.1, -0.05) is 42.0 Å². The first-order valence-corrected chi connectivity index (χ1v) is 6.88. The minimum absolute atomic E-state index is 0.0339. The molecule has 2 atom stereocenters. The van der Waals surface area contributed by atoms with Crippen molar-refractivity contribution in [2.45, 2.75) is 32.9 Å². The van der Waals surface area contributed by atoms with Gasteiger partial charge < -0.3 is 10.6 Å². The molecule has 2 N–H and O–H groups in total. The highest BCUT2D eigenvalue weighted by atomic mass is 16.2. The summed E-state index contributed by atoms with van der Waals surface area (Å²) in [6.07, 6.45) is 4.62. The summed E-state index contributed by atoms with van der Waals surface area (Å²) in [7, 11) is 0. The fraction of sp³-hybridized carbons (Fsp3) is 0.438. The lowest BCUT2D eigenvalue weighted by atomic mass is 10.1. The molecule has 1 amide bonds. The Morgan fingerprint density at radius 2 is 2.21 bits per heavy atom. The molecule has 2 unspecified atom stereocenters. The maximum absolute atomic E-state index is 12.4. The predicted octanol–water partition coefficient (Wildman–Crippen LogP) is 2.25. The second-order valence-electron chi connectivity index (χ2n) is 5.23. The van der Waals surface area contributed by atoms with Crippen molar-refractivity contribution in [3.8, 4) is 0 Å². The van der Waals surface area contributed by atoms with E-state index in [1.165, 1.54) is 11.1 Å². The SMILES string of the molecule is CCN(Cc1cccc(C)c1)C(=O)C1C=CC(N)C1. The molecule has 0 spiro atoms. The van der Waals surface area contributed by atoms with E-state index in [1.807, 2.05) is 30.0 Å². The average Bonchev–Trinajstić information content (AvgIpc) is 2.82. The number of amides is 1. The normalized spacial score (nSPS) is 21.6. The van der Waals surface area contributed by atoms with Crippen LogP contribution >= 0.6 is 0 Å². The molecule has 1 aromatic carbocycles. The van der Waals surface area contributed by atoms with Crippen molar-refractivity contribution in [3.05, 3.63) is 47.5 Å². The third-order valence-corrected chi connectivity index (χ3v) is 3.58. The van der Waals surface area contributed by atoms with Crippen LogP contribution in [0.3, 0.4) is 0 Å². The molecule has 3 heteroatoms. The Balaban J connectivity index is 2.04. The largest absolute Gasteiger partial charge is 0.338 e. The molecule has 19 heavy (non-hydrogen) atoms. The lowest BCUT2D eigenvalue weighted by Gasteiger charge is -2.24. The van der Waals surface area contributed by atoms with E-state index < -0.39 is 0 Å². The third kappa shape index (κ3) is 3.44. The lowest BCUT2D eigenvalue weighted by Crippen LogP contribution is -2.35. The van der Waals surface area contributed by atoms with Crippen molar-refractivity contribution in [1.29, 1.82) is 0 Å². The number of nitrogens with two attached hydrogens (primary N) is 1. The number of carbonyl (C=O) groups is 1. The summed E-state index contributed by atoms with van der Waals surface area (Å²) in [6, 6.07) is 8.34. The van der Waals surface area contributed by atoms with Crippen LogP contribution in [-0.4, -0.2) is 23.4 Å². The Hall–Kier alpha value is -1.61.